The molecule has 0 saturated carbocycles. The van der Waals surface area contributed by atoms with Crippen molar-refractivity contribution in [1.29, 1.82) is 0 Å². The number of carboxylic acid groups (broad SMARTS) is 1. The first-order valence-electron chi connectivity index (χ1n) is 8.62. The van der Waals surface area contributed by atoms with Gasteiger partial charge in [-0.05, 0) is 34.0 Å². The summed E-state index contributed by atoms with van der Waals surface area (Å²) in [6.45, 7) is 4.93. The van der Waals surface area contributed by atoms with Crippen molar-refractivity contribution in [3.8, 4) is 5.75 Å². The summed E-state index contributed by atoms with van der Waals surface area (Å²) in [5, 5.41) is 13.6. The van der Waals surface area contributed by atoms with Crippen molar-refractivity contribution in [3.63, 3.8) is 0 Å². The number of nitrogens with one attached hydrogen (secondary N) is 1. The summed E-state index contributed by atoms with van der Waals surface area (Å²) in [4.78, 5) is 10.9. The van der Waals surface area contributed by atoms with Crippen LogP contribution in [0.1, 0.15) is 25.0 Å². The summed E-state index contributed by atoms with van der Waals surface area (Å²) in [5.74, 6) is 0.802. The van der Waals surface area contributed by atoms with Gasteiger partial charge < -0.3 is 15.2 Å². The van der Waals surface area contributed by atoms with Gasteiger partial charge in [-0.3, -0.25) is 0 Å². The van der Waals surface area contributed by atoms with Crippen LogP contribution in [0, 0.1) is 0 Å². The molecule has 0 radical (unpaired) electrons. The zero-order valence-electron chi connectivity index (χ0n) is 15.0. The molecular weight excluding hydrogens is 326 g/mol. The van der Waals surface area contributed by atoms with Gasteiger partial charge in [0.1, 0.15) is 12.4 Å². The maximum Gasteiger partial charge on any atom is 0.404 e. The van der Waals surface area contributed by atoms with E-state index < -0.39 is 6.09 Å². The van der Waals surface area contributed by atoms with Crippen molar-refractivity contribution in [1.82, 2.24) is 5.32 Å². The fourth-order valence-corrected chi connectivity index (χ4v) is 3.06. The van der Waals surface area contributed by atoms with Gasteiger partial charge in [-0.1, -0.05) is 68.4 Å². The van der Waals surface area contributed by atoms with Gasteiger partial charge in [-0.2, -0.15) is 0 Å². The Balaban J connectivity index is 1.88. The van der Waals surface area contributed by atoms with Gasteiger partial charge in [0.2, 0.25) is 0 Å². The zero-order valence-corrected chi connectivity index (χ0v) is 15.0. The van der Waals surface area contributed by atoms with E-state index in [1.165, 1.54) is 0 Å². The number of benzene rings is 3. The van der Waals surface area contributed by atoms with Crippen LogP contribution in [-0.2, 0) is 12.0 Å². The number of amides is 1. The van der Waals surface area contributed by atoms with Crippen LogP contribution < -0.4 is 10.1 Å². The molecule has 2 N–H and O–H groups in total. The first-order chi connectivity index (χ1) is 12.5. The first kappa shape index (κ1) is 17.8. The lowest BCUT2D eigenvalue weighted by atomic mass is 9.81. The number of rotatable bonds is 6. The number of fused-ring (bicyclic) bond motifs is 1. The highest BCUT2D eigenvalue weighted by atomic mass is 16.5. The standard InChI is InChI=1S/C22H23NO3/c1-22(2,15-23-21(24)25)20-10-6-9-17-11-12-18(13-19(17)20)26-14-16-7-4-3-5-8-16/h3-13,23H,14-15H2,1-2H3,(H,24,25). The lowest BCUT2D eigenvalue weighted by molar-refractivity contribution is 0.192. The average Bonchev–Trinajstić information content (AvgIpc) is 2.65. The molecule has 0 aliphatic heterocycles. The summed E-state index contributed by atoms with van der Waals surface area (Å²) >= 11 is 0. The Morgan fingerprint density at radius 1 is 1.04 bits per heavy atom. The Hall–Kier alpha value is -3.01. The number of hydrogen-bond acceptors (Lipinski definition) is 2. The molecule has 0 atom stereocenters. The molecule has 134 valence electrons. The molecule has 0 fully saturated rings. The third-order valence-electron chi connectivity index (χ3n) is 4.51. The highest BCUT2D eigenvalue weighted by Crippen LogP contribution is 2.32. The molecule has 3 aromatic carbocycles. The van der Waals surface area contributed by atoms with Crippen molar-refractivity contribution in [2.45, 2.75) is 25.9 Å². The minimum absolute atomic E-state index is 0.337. The van der Waals surface area contributed by atoms with Gasteiger partial charge in [0.25, 0.3) is 0 Å². The molecule has 26 heavy (non-hydrogen) atoms. The monoisotopic (exact) mass is 349 g/mol. The molecule has 0 aliphatic rings. The maximum absolute atomic E-state index is 10.9. The molecule has 1 amide bonds. The molecule has 0 aliphatic carbocycles. The van der Waals surface area contributed by atoms with Gasteiger partial charge in [0.05, 0.1) is 0 Å². The largest absolute Gasteiger partial charge is 0.489 e. The first-order valence-corrected chi connectivity index (χ1v) is 8.62. The van der Waals surface area contributed by atoms with Crippen LogP contribution in [0.25, 0.3) is 10.8 Å². The molecule has 3 rings (SSSR count). The van der Waals surface area contributed by atoms with E-state index >= 15 is 0 Å². The summed E-state index contributed by atoms with van der Waals surface area (Å²) in [7, 11) is 0. The fourth-order valence-electron chi connectivity index (χ4n) is 3.06. The minimum atomic E-state index is -1.01. The summed E-state index contributed by atoms with van der Waals surface area (Å²) in [6.07, 6.45) is -1.01. The molecule has 3 aromatic rings. The van der Waals surface area contributed by atoms with Crippen LogP contribution in [-0.4, -0.2) is 17.7 Å². The predicted molar refractivity (Wildman–Crippen MR) is 104 cm³/mol. The number of ether oxygens (including phenoxy) is 1. The van der Waals surface area contributed by atoms with Crippen LogP contribution in [0.2, 0.25) is 0 Å². The molecule has 0 heterocycles. The van der Waals surface area contributed by atoms with Crippen LogP contribution >= 0.6 is 0 Å². The Bertz CT molecular complexity index is 904. The second-order valence-corrected chi connectivity index (χ2v) is 7.01. The SMILES string of the molecule is CC(C)(CNC(=O)O)c1cccc2ccc(OCc3ccccc3)cc12. The normalized spacial score (nSPS) is 11.3. The van der Waals surface area contributed by atoms with Gasteiger partial charge in [-0.25, -0.2) is 4.79 Å². The average molecular weight is 349 g/mol. The second kappa shape index (κ2) is 7.48. The van der Waals surface area contributed by atoms with Crippen molar-refractivity contribution >= 4 is 16.9 Å². The molecule has 4 heteroatoms. The molecule has 4 nitrogen and oxygen atoms in total. The van der Waals surface area contributed by atoms with Crippen molar-refractivity contribution < 1.29 is 14.6 Å². The van der Waals surface area contributed by atoms with Gasteiger partial charge in [0, 0.05) is 12.0 Å². The van der Waals surface area contributed by atoms with Gasteiger partial charge in [-0.15, -0.1) is 0 Å². The van der Waals surface area contributed by atoms with Gasteiger partial charge in [0.15, 0.2) is 0 Å². The molecule has 0 spiro atoms. The molecule has 0 unspecified atom stereocenters. The maximum atomic E-state index is 10.9. The van der Waals surface area contributed by atoms with Crippen molar-refractivity contribution in [2.75, 3.05) is 6.54 Å². The molecular formula is C22H23NO3. The van der Waals surface area contributed by atoms with E-state index in [1.54, 1.807) is 0 Å². The van der Waals surface area contributed by atoms with E-state index in [9.17, 15) is 4.79 Å². The topological polar surface area (TPSA) is 58.6 Å². The van der Waals surface area contributed by atoms with Crippen molar-refractivity contribution in [3.05, 3.63) is 77.9 Å². The minimum Gasteiger partial charge on any atom is -0.489 e. The van der Waals surface area contributed by atoms with E-state index in [0.29, 0.717) is 13.2 Å². The molecule has 0 saturated heterocycles. The Morgan fingerprint density at radius 2 is 1.81 bits per heavy atom. The third-order valence-corrected chi connectivity index (χ3v) is 4.51. The van der Waals surface area contributed by atoms with E-state index in [1.807, 2.05) is 74.5 Å². The van der Waals surface area contributed by atoms with E-state index in [4.69, 9.17) is 9.84 Å². The zero-order chi connectivity index (χ0) is 18.6. The highest BCUT2D eigenvalue weighted by molar-refractivity contribution is 5.88. The number of hydrogen-bond donors (Lipinski definition) is 2. The summed E-state index contributed by atoms with van der Waals surface area (Å²) in [5.41, 5.74) is 1.87. The quantitative estimate of drug-likeness (QED) is 0.661. The van der Waals surface area contributed by atoms with Crippen LogP contribution in [0.4, 0.5) is 4.79 Å². The molecule has 0 bridgehead atoms. The van der Waals surface area contributed by atoms with Crippen LogP contribution in [0.3, 0.4) is 0 Å². The Labute approximate surface area is 153 Å². The second-order valence-electron chi connectivity index (χ2n) is 7.01. The van der Waals surface area contributed by atoms with E-state index in [2.05, 4.69) is 11.4 Å². The van der Waals surface area contributed by atoms with Crippen LogP contribution in [0.15, 0.2) is 66.7 Å². The van der Waals surface area contributed by atoms with E-state index in [0.717, 1.165) is 27.6 Å². The lowest BCUT2D eigenvalue weighted by Crippen LogP contribution is -2.35. The van der Waals surface area contributed by atoms with Crippen molar-refractivity contribution in [2.24, 2.45) is 0 Å². The van der Waals surface area contributed by atoms with Crippen LogP contribution in [0.5, 0.6) is 5.75 Å². The van der Waals surface area contributed by atoms with Gasteiger partial charge >= 0.3 is 6.09 Å². The number of carbonyl (C=O) groups is 1. The summed E-state index contributed by atoms with van der Waals surface area (Å²) in [6, 6.07) is 22.2. The highest BCUT2D eigenvalue weighted by Gasteiger charge is 2.23. The Kier molecular flexibility index (Phi) is 5.12. The Morgan fingerprint density at radius 3 is 2.54 bits per heavy atom. The predicted octanol–water partition coefficient (Wildman–Crippen LogP) is 4.96. The molecule has 0 aromatic heterocycles. The third kappa shape index (κ3) is 4.14. The smallest absolute Gasteiger partial charge is 0.404 e. The van der Waals surface area contributed by atoms with E-state index in [-0.39, 0.29) is 5.41 Å². The summed E-state index contributed by atoms with van der Waals surface area (Å²) < 4.78 is 5.96. The lowest BCUT2D eigenvalue weighted by Gasteiger charge is -2.26. The fraction of sp³-hybridized carbons (Fsp3) is 0.227.